The zero-order valence-electron chi connectivity index (χ0n) is 10.1. The van der Waals surface area contributed by atoms with Gasteiger partial charge in [0.25, 0.3) is 5.56 Å². The number of thiophene rings is 1. The predicted molar refractivity (Wildman–Crippen MR) is 73.7 cm³/mol. The molecule has 0 amide bonds. The summed E-state index contributed by atoms with van der Waals surface area (Å²) in [6.45, 7) is 4.32. The Morgan fingerprint density at radius 3 is 2.72 bits per heavy atom. The Morgan fingerprint density at radius 1 is 1.44 bits per heavy atom. The zero-order valence-corrected chi connectivity index (χ0v) is 11.6. The summed E-state index contributed by atoms with van der Waals surface area (Å²) in [7, 11) is 0. The molecule has 2 heterocycles. The van der Waals surface area contributed by atoms with Crippen LogP contribution < -0.4 is 11.2 Å². The normalized spacial score (nSPS) is 11.7. The average Bonchev–Trinajstić information content (AvgIpc) is 2.77. The Kier molecular flexibility index (Phi) is 3.45. The van der Waals surface area contributed by atoms with E-state index in [-0.39, 0.29) is 16.1 Å². The van der Waals surface area contributed by atoms with E-state index in [0.717, 1.165) is 4.88 Å². The molecular weight excluding hydrogens is 272 g/mol. The van der Waals surface area contributed by atoms with Crippen molar-refractivity contribution in [1.82, 2.24) is 9.55 Å². The fraction of sp³-hybridized carbons (Fsp3) is 0.333. The summed E-state index contributed by atoms with van der Waals surface area (Å²) in [6.07, 6.45) is 0. The van der Waals surface area contributed by atoms with Crippen molar-refractivity contribution < 1.29 is 0 Å². The van der Waals surface area contributed by atoms with Gasteiger partial charge >= 0.3 is 5.69 Å². The molecule has 0 atom stereocenters. The maximum absolute atomic E-state index is 11.8. The van der Waals surface area contributed by atoms with E-state index in [1.807, 2.05) is 31.4 Å². The van der Waals surface area contributed by atoms with Crippen LogP contribution in [0.25, 0.3) is 0 Å². The lowest BCUT2D eigenvalue weighted by atomic mass is 9.91. The van der Waals surface area contributed by atoms with Crippen LogP contribution in [0, 0.1) is 0 Å². The molecule has 0 aliphatic rings. The number of H-pyrrole nitrogens is 1. The van der Waals surface area contributed by atoms with E-state index in [1.165, 1.54) is 10.6 Å². The lowest BCUT2D eigenvalue weighted by Gasteiger charge is -2.23. The van der Waals surface area contributed by atoms with Crippen LogP contribution in [0.2, 0.25) is 5.15 Å². The van der Waals surface area contributed by atoms with E-state index >= 15 is 0 Å². The van der Waals surface area contributed by atoms with Gasteiger partial charge in [-0.3, -0.25) is 14.3 Å². The third-order valence-corrected chi connectivity index (χ3v) is 4.17. The second-order valence-electron chi connectivity index (χ2n) is 4.71. The number of hydrogen-bond donors (Lipinski definition) is 1. The van der Waals surface area contributed by atoms with Crippen molar-refractivity contribution in [2.24, 2.45) is 0 Å². The molecule has 0 aliphatic carbocycles. The summed E-state index contributed by atoms with van der Waals surface area (Å²) in [4.78, 5) is 27.1. The molecule has 0 aliphatic heterocycles. The second-order valence-corrected chi connectivity index (χ2v) is 6.06. The van der Waals surface area contributed by atoms with Gasteiger partial charge in [-0.1, -0.05) is 31.5 Å². The lowest BCUT2D eigenvalue weighted by molar-refractivity contribution is 0.422. The smallest absolute Gasteiger partial charge is 0.298 e. The minimum Gasteiger partial charge on any atom is -0.298 e. The highest BCUT2D eigenvalue weighted by Gasteiger charge is 2.24. The van der Waals surface area contributed by atoms with Crippen LogP contribution >= 0.6 is 22.9 Å². The fourth-order valence-electron chi connectivity index (χ4n) is 1.78. The molecule has 18 heavy (non-hydrogen) atoms. The zero-order chi connectivity index (χ0) is 13.3. The maximum atomic E-state index is 11.8. The van der Waals surface area contributed by atoms with Gasteiger partial charge in [0.15, 0.2) is 0 Å². The van der Waals surface area contributed by atoms with Crippen LogP contribution in [0.5, 0.6) is 0 Å². The quantitative estimate of drug-likeness (QED) is 0.879. The van der Waals surface area contributed by atoms with Gasteiger partial charge in [-0.25, -0.2) is 4.79 Å². The third-order valence-electron chi connectivity index (χ3n) is 2.73. The highest BCUT2D eigenvalue weighted by Crippen LogP contribution is 2.28. The Balaban J connectivity index is 2.42. The van der Waals surface area contributed by atoms with Gasteiger partial charge in [0.05, 0.1) is 0 Å². The molecule has 4 nitrogen and oxygen atoms in total. The number of hydrogen-bond acceptors (Lipinski definition) is 3. The van der Waals surface area contributed by atoms with Crippen LogP contribution in [0.3, 0.4) is 0 Å². The van der Waals surface area contributed by atoms with Gasteiger partial charge in [-0.15, -0.1) is 11.3 Å². The molecule has 2 aromatic rings. The first-order chi connectivity index (χ1) is 8.40. The highest BCUT2D eigenvalue weighted by atomic mass is 35.5. The summed E-state index contributed by atoms with van der Waals surface area (Å²) >= 11 is 7.24. The Morgan fingerprint density at radius 2 is 2.17 bits per heavy atom. The van der Waals surface area contributed by atoms with E-state index in [2.05, 4.69) is 4.98 Å². The van der Waals surface area contributed by atoms with Crippen molar-refractivity contribution in [3.63, 3.8) is 0 Å². The molecule has 2 rings (SSSR count). The van der Waals surface area contributed by atoms with Crippen molar-refractivity contribution >= 4 is 22.9 Å². The van der Waals surface area contributed by atoms with Crippen molar-refractivity contribution in [3.8, 4) is 0 Å². The standard InChI is InChI=1S/C12H13ClN2O2S/c1-12(2,8-4-3-5-18-8)7-15-10(16)6-9(13)14-11(15)17/h3-6H,7H2,1-2H3,(H,14,17). The minimum atomic E-state index is -0.475. The minimum absolute atomic E-state index is 0.0650. The average molecular weight is 285 g/mol. The van der Waals surface area contributed by atoms with Crippen LogP contribution in [-0.4, -0.2) is 9.55 Å². The molecule has 0 aromatic carbocycles. The molecule has 2 aromatic heterocycles. The van der Waals surface area contributed by atoms with Gasteiger partial charge in [-0.05, 0) is 11.4 Å². The monoisotopic (exact) mass is 284 g/mol. The highest BCUT2D eigenvalue weighted by molar-refractivity contribution is 7.10. The van der Waals surface area contributed by atoms with Gasteiger partial charge in [0.1, 0.15) is 5.15 Å². The number of halogens is 1. The first-order valence-electron chi connectivity index (χ1n) is 5.44. The van der Waals surface area contributed by atoms with Crippen molar-refractivity contribution in [1.29, 1.82) is 0 Å². The number of aromatic amines is 1. The van der Waals surface area contributed by atoms with Gasteiger partial charge in [-0.2, -0.15) is 0 Å². The summed E-state index contributed by atoms with van der Waals surface area (Å²) in [5, 5.41) is 2.04. The molecular formula is C12H13ClN2O2S. The summed E-state index contributed by atoms with van der Waals surface area (Å²) < 4.78 is 1.17. The molecule has 0 spiro atoms. The molecule has 0 radical (unpaired) electrons. The maximum Gasteiger partial charge on any atom is 0.329 e. The summed E-state index contributed by atoms with van der Waals surface area (Å²) in [6, 6.07) is 5.17. The van der Waals surface area contributed by atoms with Crippen LogP contribution in [0.4, 0.5) is 0 Å². The van der Waals surface area contributed by atoms with Crippen LogP contribution in [0.1, 0.15) is 18.7 Å². The number of nitrogens with one attached hydrogen (secondary N) is 1. The second kappa shape index (κ2) is 4.74. The molecule has 0 saturated carbocycles. The third kappa shape index (κ3) is 2.57. The summed E-state index contributed by atoms with van der Waals surface area (Å²) in [5.74, 6) is 0. The molecule has 1 N–H and O–H groups in total. The van der Waals surface area contributed by atoms with Gasteiger partial charge in [0, 0.05) is 22.9 Å². The van der Waals surface area contributed by atoms with E-state index in [9.17, 15) is 9.59 Å². The van der Waals surface area contributed by atoms with Crippen LogP contribution in [-0.2, 0) is 12.0 Å². The largest absolute Gasteiger partial charge is 0.329 e. The predicted octanol–water partition coefficient (Wildman–Crippen LogP) is 2.23. The Labute approximate surface area is 113 Å². The molecule has 96 valence electrons. The number of aromatic nitrogens is 2. The van der Waals surface area contributed by atoms with E-state index < -0.39 is 5.69 Å². The number of rotatable bonds is 3. The Bertz CT molecular complexity index is 624. The van der Waals surface area contributed by atoms with Gasteiger partial charge < -0.3 is 0 Å². The van der Waals surface area contributed by atoms with E-state index in [0.29, 0.717) is 6.54 Å². The fourth-order valence-corrected chi connectivity index (χ4v) is 2.80. The van der Waals surface area contributed by atoms with Crippen molar-refractivity contribution in [3.05, 3.63) is 54.4 Å². The first-order valence-corrected chi connectivity index (χ1v) is 6.69. The molecule has 0 fully saturated rings. The summed E-state index contributed by atoms with van der Waals surface area (Å²) in [5.41, 5.74) is -1.13. The SMILES string of the molecule is CC(C)(Cn1c(=O)cc(Cl)[nH]c1=O)c1cccs1. The molecule has 6 heteroatoms. The first kappa shape index (κ1) is 13.1. The van der Waals surface area contributed by atoms with Crippen molar-refractivity contribution in [2.45, 2.75) is 25.8 Å². The van der Waals surface area contributed by atoms with E-state index in [1.54, 1.807) is 11.3 Å². The topological polar surface area (TPSA) is 54.9 Å². The molecule has 0 unspecified atom stereocenters. The van der Waals surface area contributed by atoms with Gasteiger partial charge in [0.2, 0.25) is 0 Å². The Hall–Kier alpha value is -1.33. The number of nitrogens with zero attached hydrogens (tertiary/aromatic N) is 1. The molecule has 0 saturated heterocycles. The van der Waals surface area contributed by atoms with Crippen LogP contribution in [0.15, 0.2) is 33.2 Å². The lowest BCUT2D eigenvalue weighted by Crippen LogP contribution is -2.40. The van der Waals surface area contributed by atoms with E-state index in [4.69, 9.17) is 11.6 Å². The van der Waals surface area contributed by atoms with Crippen molar-refractivity contribution in [2.75, 3.05) is 0 Å². The molecule has 0 bridgehead atoms.